The van der Waals surface area contributed by atoms with Gasteiger partial charge in [0.15, 0.2) is 9.04 Å². The normalized spacial score (nSPS) is 12.2. The van der Waals surface area contributed by atoms with Crippen LogP contribution in [0.15, 0.2) is 0 Å². The lowest BCUT2D eigenvalue weighted by Gasteiger charge is -2.34. The summed E-state index contributed by atoms with van der Waals surface area (Å²) in [4.78, 5) is 22.1. The van der Waals surface area contributed by atoms with Crippen molar-refractivity contribution in [2.75, 3.05) is 6.61 Å². The number of esters is 1. The van der Waals surface area contributed by atoms with Crippen LogP contribution in [0.1, 0.15) is 73.6 Å². The maximum atomic E-state index is 11.9. The first kappa shape index (κ1) is 21.3. The Kier molecular flexibility index (Phi) is 10.6. The second-order valence-electron chi connectivity index (χ2n) is 7.24. The smallest absolute Gasteiger partial charge is 0.308 e. The van der Waals surface area contributed by atoms with E-state index in [0.717, 1.165) is 25.5 Å². The monoisotopic (exact) mass is 330 g/mol. The van der Waals surface area contributed by atoms with E-state index < -0.39 is 14.6 Å². The van der Waals surface area contributed by atoms with Gasteiger partial charge in [-0.2, -0.15) is 0 Å². The molecular weight excluding hydrogens is 296 g/mol. The van der Waals surface area contributed by atoms with Gasteiger partial charge >= 0.3 is 5.97 Å². The minimum Gasteiger partial charge on any atom is -0.466 e. The first-order valence-electron chi connectivity index (χ1n) is 8.46. The van der Waals surface area contributed by atoms with Crippen LogP contribution in [-0.2, 0) is 18.8 Å². The van der Waals surface area contributed by atoms with E-state index >= 15 is 0 Å². The largest absolute Gasteiger partial charge is 0.466 e. The van der Waals surface area contributed by atoms with Crippen LogP contribution in [0, 0.1) is 0 Å². The van der Waals surface area contributed by atoms with Crippen LogP contribution in [0.3, 0.4) is 0 Å². The number of ether oxygens (including phenoxy) is 1. The minimum absolute atomic E-state index is 0.194. The van der Waals surface area contributed by atoms with Crippen LogP contribution in [0.5, 0.6) is 0 Å². The molecule has 0 aliphatic rings. The fourth-order valence-electron chi connectivity index (χ4n) is 2.54. The molecule has 0 aliphatic carbocycles. The molecule has 0 atom stereocenters. The van der Waals surface area contributed by atoms with Crippen LogP contribution >= 0.6 is 0 Å². The maximum absolute atomic E-state index is 11.9. The molecule has 0 unspecified atom stereocenters. The van der Waals surface area contributed by atoms with Gasteiger partial charge in [0.05, 0.1) is 18.6 Å². The summed E-state index contributed by atoms with van der Waals surface area (Å²) in [6.07, 6.45) is 4.41. The molecule has 22 heavy (non-hydrogen) atoms. The van der Waals surface area contributed by atoms with Crippen LogP contribution < -0.4 is 0 Å². The van der Waals surface area contributed by atoms with Crippen molar-refractivity contribution in [1.82, 2.24) is 0 Å². The highest BCUT2D eigenvalue weighted by Crippen LogP contribution is 2.27. The number of unbranched alkanes of at least 4 members (excludes halogenated alkanes) is 3. The van der Waals surface area contributed by atoms with E-state index in [1.54, 1.807) is 0 Å². The standard InChI is InChI=1S/C17H34O4Si/c1-14(2)22(15(3)4)21-17(5,6)13-16(19)20-12-10-8-7-9-11-18/h11,14-15,22H,7-10,12-13H2,1-6H3. The zero-order valence-corrected chi connectivity index (χ0v) is 16.3. The van der Waals surface area contributed by atoms with Gasteiger partial charge in [0.25, 0.3) is 0 Å². The van der Waals surface area contributed by atoms with Crippen LogP contribution in [0.25, 0.3) is 0 Å². The Labute approximate surface area is 137 Å². The Morgan fingerprint density at radius 3 is 2.18 bits per heavy atom. The number of aldehydes is 1. The Morgan fingerprint density at radius 1 is 1.09 bits per heavy atom. The molecule has 0 aromatic heterocycles. The average molecular weight is 331 g/mol. The highest BCUT2D eigenvalue weighted by molar-refractivity contribution is 6.55. The van der Waals surface area contributed by atoms with Gasteiger partial charge in [0.1, 0.15) is 6.29 Å². The summed E-state index contributed by atoms with van der Waals surface area (Å²) in [5.41, 5.74) is 0.640. The van der Waals surface area contributed by atoms with Crippen molar-refractivity contribution in [2.45, 2.75) is 90.3 Å². The fraction of sp³-hybridized carbons (Fsp3) is 0.882. The van der Waals surface area contributed by atoms with Gasteiger partial charge in [0.2, 0.25) is 0 Å². The summed E-state index contributed by atoms with van der Waals surface area (Å²) < 4.78 is 11.6. The van der Waals surface area contributed by atoms with E-state index in [0.29, 0.717) is 30.5 Å². The molecule has 0 N–H and O–H groups in total. The topological polar surface area (TPSA) is 52.6 Å². The number of hydrogen-bond acceptors (Lipinski definition) is 4. The van der Waals surface area contributed by atoms with Gasteiger partial charge in [-0.3, -0.25) is 4.79 Å². The minimum atomic E-state index is -1.35. The van der Waals surface area contributed by atoms with E-state index in [4.69, 9.17) is 9.16 Å². The molecule has 0 radical (unpaired) electrons. The highest BCUT2D eigenvalue weighted by atomic mass is 28.3. The molecular formula is C17H34O4Si. The molecule has 0 bridgehead atoms. The number of rotatable bonds is 12. The first-order chi connectivity index (χ1) is 10.2. The van der Waals surface area contributed by atoms with E-state index in [9.17, 15) is 9.59 Å². The summed E-state index contributed by atoms with van der Waals surface area (Å²) in [5, 5.41) is 0. The maximum Gasteiger partial charge on any atom is 0.308 e. The lowest BCUT2D eigenvalue weighted by molar-refractivity contribution is -0.147. The third-order valence-electron chi connectivity index (χ3n) is 3.57. The molecule has 0 spiro atoms. The van der Waals surface area contributed by atoms with Crippen LogP contribution in [-0.4, -0.2) is 33.5 Å². The lowest BCUT2D eigenvalue weighted by atomic mass is 10.1. The zero-order chi connectivity index (χ0) is 17.2. The van der Waals surface area contributed by atoms with E-state index in [-0.39, 0.29) is 5.97 Å². The van der Waals surface area contributed by atoms with E-state index in [1.165, 1.54) is 0 Å². The van der Waals surface area contributed by atoms with Crippen molar-refractivity contribution in [2.24, 2.45) is 0 Å². The molecule has 0 saturated heterocycles. The van der Waals surface area contributed by atoms with Crippen molar-refractivity contribution >= 4 is 21.3 Å². The number of carbonyl (C=O) groups is 2. The summed E-state index contributed by atoms with van der Waals surface area (Å²) in [6, 6.07) is 0. The summed E-state index contributed by atoms with van der Waals surface area (Å²) in [6.45, 7) is 13.2. The van der Waals surface area contributed by atoms with Gasteiger partial charge < -0.3 is 14.0 Å². The molecule has 0 fully saturated rings. The van der Waals surface area contributed by atoms with E-state index in [1.807, 2.05) is 13.8 Å². The molecule has 5 heteroatoms. The molecule has 4 nitrogen and oxygen atoms in total. The van der Waals surface area contributed by atoms with Crippen molar-refractivity contribution in [3.05, 3.63) is 0 Å². The molecule has 0 saturated carbocycles. The lowest BCUT2D eigenvalue weighted by Crippen LogP contribution is -2.39. The van der Waals surface area contributed by atoms with Crippen molar-refractivity contribution in [3.8, 4) is 0 Å². The third-order valence-corrected chi connectivity index (χ3v) is 7.11. The summed E-state index contributed by atoms with van der Waals surface area (Å²) in [5.74, 6) is -0.194. The highest BCUT2D eigenvalue weighted by Gasteiger charge is 2.31. The number of hydrogen-bond donors (Lipinski definition) is 0. The SMILES string of the molecule is CC(C)[SiH](OC(C)(C)CC(=O)OCCCCCC=O)C(C)C. The first-order valence-corrected chi connectivity index (χ1v) is 10.3. The second-order valence-corrected chi connectivity index (χ2v) is 11.1. The molecule has 0 amide bonds. The van der Waals surface area contributed by atoms with Crippen molar-refractivity contribution < 1.29 is 18.8 Å². The molecule has 0 aliphatic heterocycles. The van der Waals surface area contributed by atoms with Gasteiger partial charge in [-0.1, -0.05) is 27.7 Å². The summed E-state index contributed by atoms with van der Waals surface area (Å²) in [7, 11) is -1.35. The Balaban J connectivity index is 4.12. The second kappa shape index (κ2) is 10.9. The molecule has 130 valence electrons. The average Bonchev–Trinajstić information content (AvgIpc) is 2.39. The Hall–Kier alpha value is -0.683. The predicted octanol–water partition coefficient (Wildman–Crippen LogP) is 4.02. The quantitative estimate of drug-likeness (QED) is 0.235. The zero-order valence-electron chi connectivity index (χ0n) is 15.2. The van der Waals surface area contributed by atoms with Gasteiger partial charge in [-0.25, -0.2) is 0 Å². The van der Waals surface area contributed by atoms with Crippen LogP contribution in [0.2, 0.25) is 11.1 Å². The van der Waals surface area contributed by atoms with Crippen LogP contribution in [0.4, 0.5) is 0 Å². The predicted molar refractivity (Wildman–Crippen MR) is 92.6 cm³/mol. The fourth-order valence-corrected chi connectivity index (χ4v) is 5.45. The Morgan fingerprint density at radius 2 is 1.68 bits per heavy atom. The Bertz CT molecular complexity index is 319. The van der Waals surface area contributed by atoms with Crippen molar-refractivity contribution in [1.29, 1.82) is 0 Å². The van der Waals surface area contributed by atoms with Gasteiger partial charge in [0, 0.05) is 6.42 Å². The van der Waals surface area contributed by atoms with Gasteiger partial charge in [-0.15, -0.1) is 0 Å². The number of carbonyl (C=O) groups excluding carboxylic acids is 2. The van der Waals surface area contributed by atoms with E-state index in [2.05, 4.69) is 27.7 Å². The van der Waals surface area contributed by atoms with Crippen molar-refractivity contribution in [3.63, 3.8) is 0 Å². The molecule has 0 rings (SSSR count). The summed E-state index contributed by atoms with van der Waals surface area (Å²) >= 11 is 0. The molecule has 0 aromatic rings. The molecule has 0 aromatic carbocycles. The molecule has 0 heterocycles. The third kappa shape index (κ3) is 10.1. The van der Waals surface area contributed by atoms with Gasteiger partial charge in [-0.05, 0) is 44.2 Å².